The van der Waals surface area contributed by atoms with E-state index in [4.69, 9.17) is 9.47 Å². The fourth-order valence-corrected chi connectivity index (χ4v) is 3.23. The summed E-state index contributed by atoms with van der Waals surface area (Å²) in [6, 6.07) is 3.91. The standard InChI is InChI=1S/C21H29N3O6/c1-3-11-29-13-14-30-12-9-23-16-7-4-6-15-18(16)21(28)24(20(15)27)17(8-5-10-25)19(26)22-2/h4,6-7,10,17,23H,3,5,8-9,11-14H2,1-2H3,(H,22,26). The summed E-state index contributed by atoms with van der Waals surface area (Å²) in [4.78, 5) is 49.9. The van der Waals surface area contributed by atoms with Crippen molar-refractivity contribution in [3.05, 3.63) is 29.3 Å². The Balaban J connectivity index is 2.05. The zero-order chi connectivity index (χ0) is 21.9. The minimum absolute atomic E-state index is 0.0654. The molecule has 9 heteroatoms. The number of amides is 3. The van der Waals surface area contributed by atoms with Gasteiger partial charge in [-0.25, -0.2) is 0 Å². The Hall–Kier alpha value is -2.78. The van der Waals surface area contributed by atoms with Crippen molar-refractivity contribution in [1.29, 1.82) is 0 Å². The lowest BCUT2D eigenvalue weighted by Crippen LogP contribution is -2.48. The van der Waals surface area contributed by atoms with E-state index in [-0.39, 0.29) is 24.0 Å². The Morgan fingerprint density at radius 2 is 1.87 bits per heavy atom. The lowest BCUT2D eigenvalue weighted by Gasteiger charge is -2.24. The average molecular weight is 419 g/mol. The lowest BCUT2D eigenvalue weighted by molar-refractivity contribution is -0.124. The third kappa shape index (κ3) is 5.64. The molecular weight excluding hydrogens is 390 g/mol. The zero-order valence-electron chi connectivity index (χ0n) is 17.4. The van der Waals surface area contributed by atoms with E-state index in [0.29, 0.717) is 44.9 Å². The van der Waals surface area contributed by atoms with Crippen LogP contribution in [0.25, 0.3) is 0 Å². The number of benzene rings is 1. The summed E-state index contributed by atoms with van der Waals surface area (Å²) in [5.41, 5.74) is 0.970. The van der Waals surface area contributed by atoms with Gasteiger partial charge in [0.25, 0.3) is 11.8 Å². The number of carbonyl (C=O) groups excluding carboxylic acids is 4. The van der Waals surface area contributed by atoms with Crippen LogP contribution in [0.5, 0.6) is 0 Å². The van der Waals surface area contributed by atoms with Gasteiger partial charge in [0.1, 0.15) is 12.3 Å². The maximum Gasteiger partial charge on any atom is 0.264 e. The zero-order valence-corrected chi connectivity index (χ0v) is 17.4. The molecule has 0 bridgehead atoms. The van der Waals surface area contributed by atoms with Crippen LogP contribution in [0.2, 0.25) is 0 Å². The molecule has 0 aromatic heterocycles. The highest BCUT2D eigenvalue weighted by molar-refractivity contribution is 6.25. The van der Waals surface area contributed by atoms with Gasteiger partial charge in [0.2, 0.25) is 5.91 Å². The lowest BCUT2D eigenvalue weighted by atomic mass is 10.1. The van der Waals surface area contributed by atoms with Crippen LogP contribution in [0.1, 0.15) is 46.9 Å². The topological polar surface area (TPSA) is 114 Å². The van der Waals surface area contributed by atoms with Crippen molar-refractivity contribution >= 4 is 29.7 Å². The molecule has 3 amide bonds. The molecule has 0 fully saturated rings. The Morgan fingerprint density at radius 3 is 2.53 bits per heavy atom. The molecule has 0 radical (unpaired) electrons. The van der Waals surface area contributed by atoms with Crippen LogP contribution in [-0.4, -0.2) is 75.0 Å². The van der Waals surface area contributed by atoms with E-state index in [2.05, 4.69) is 10.6 Å². The van der Waals surface area contributed by atoms with E-state index in [0.717, 1.165) is 11.3 Å². The number of imide groups is 1. The second-order valence-corrected chi connectivity index (χ2v) is 6.73. The van der Waals surface area contributed by atoms with E-state index < -0.39 is 23.8 Å². The monoisotopic (exact) mass is 419 g/mol. The van der Waals surface area contributed by atoms with Gasteiger partial charge in [-0.2, -0.15) is 0 Å². The fraction of sp³-hybridized carbons (Fsp3) is 0.524. The van der Waals surface area contributed by atoms with Crippen molar-refractivity contribution in [3.63, 3.8) is 0 Å². The summed E-state index contributed by atoms with van der Waals surface area (Å²) in [5, 5.41) is 5.58. The van der Waals surface area contributed by atoms with Gasteiger partial charge in [-0.3, -0.25) is 19.3 Å². The molecule has 1 aromatic carbocycles. The first-order chi connectivity index (χ1) is 14.6. The van der Waals surface area contributed by atoms with Crippen molar-refractivity contribution < 1.29 is 28.7 Å². The van der Waals surface area contributed by atoms with Crippen LogP contribution in [0, 0.1) is 0 Å². The fourth-order valence-electron chi connectivity index (χ4n) is 3.23. The first-order valence-electron chi connectivity index (χ1n) is 10.1. The molecule has 1 atom stereocenters. The number of ether oxygens (including phenoxy) is 2. The van der Waals surface area contributed by atoms with Crippen LogP contribution in [-0.2, 0) is 19.1 Å². The Labute approximate surface area is 176 Å². The SMILES string of the molecule is CCCOCCOCCNc1cccc2c1C(=O)N(C(CCC=O)C(=O)NC)C2=O. The van der Waals surface area contributed by atoms with Crippen molar-refractivity contribution in [3.8, 4) is 0 Å². The number of carbonyl (C=O) groups is 4. The third-order valence-electron chi connectivity index (χ3n) is 4.65. The number of fused-ring (bicyclic) bond motifs is 1. The maximum absolute atomic E-state index is 13.0. The predicted octanol–water partition coefficient (Wildman–Crippen LogP) is 1.23. The molecule has 164 valence electrons. The molecule has 0 spiro atoms. The van der Waals surface area contributed by atoms with Crippen molar-refractivity contribution in [2.75, 3.05) is 45.3 Å². The summed E-state index contributed by atoms with van der Waals surface area (Å²) in [5.74, 6) is -1.58. The molecule has 0 saturated heterocycles. The summed E-state index contributed by atoms with van der Waals surface area (Å²) >= 11 is 0. The van der Waals surface area contributed by atoms with E-state index >= 15 is 0 Å². The number of likely N-dealkylation sites (N-methyl/N-ethyl adjacent to an activating group) is 1. The van der Waals surface area contributed by atoms with Crippen LogP contribution in [0.15, 0.2) is 18.2 Å². The minimum atomic E-state index is -1.04. The van der Waals surface area contributed by atoms with Gasteiger partial charge in [0.05, 0.1) is 30.9 Å². The smallest absolute Gasteiger partial charge is 0.264 e. The molecular formula is C21H29N3O6. The Kier molecular flexibility index (Phi) is 9.43. The largest absolute Gasteiger partial charge is 0.382 e. The quantitative estimate of drug-likeness (QED) is 0.265. The van der Waals surface area contributed by atoms with Gasteiger partial charge in [0, 0.05) is 32.3 Å². The first kappa shape index (κ1) is 23.5. The molecule has 9 nitrogen and oxygen atoms in total. The van der Waals surface area contributed by atoms with E-state index in [1.807, 2.05) is 6.92 Å². The molecule has 2 rings (SSSR count). The molecule has 30 heavy (non-hydrogen) atoms. The average Bonchev–Trinajstić information content (AvgIpc) is 3.01. The normalized spacial score (nSPS) is 13.9. The van der Waals surface area contributed by atoms with Gasteiger partial charge >= 0.3 is 0 Å². The van der Waals surface area contributed by atoms with Crippen molar-refractivity contribution in [1.82, 2.24) is 10.2 Å². The molecule has 1 aliphatic heterocycles. The highest BCUT2D eigenvalue weighted by Gasteiger charge is 2.43. The Bertz CT molecular complexity index is 767. The minimum Gasteiger partial charge on any atom is -0.382 e. The van der Waals surface area contributed by atoms with Gasteiger partial charge < -0.3 is 24.9 Å². The number of hydrogen-bond acceptors (Lipinski definition) is 7. The van der Waals surface area contributed by atoms with Gasteiger partial charge in [-0.1, -0.05) is 13.0 Å². The summed E-state index contributed by atoms with van der Waals surface area (Å²) in [6.07, 6.45) is 1.76. The maximum atomic E-state index is 13.0. The van der Waals surface area contributed by atoms with E-state index in [9.17, 15) is 19.2 Å². The van der Waals surface area contributed by atoms with Crippen molar-refractivity contribution in [2.45, 2.75) is 32.2 Å². The third-order valence-corrected chi connectivity index (χ3v) is 4.65. The number of nitrogens with one attached hydrogen (secondary N) is 2. The predicted molar refractivity (Wildman–Crippen MR) is 111 cm³/mol. The molecule has 1 heterocycles. The summed E-state index contributed by atoms with van der Waals surface area (Å²) in [6.45, 7) is 4.59. The number of aldehydes is 1. The number of hydrogen-bond donors (Lipinski definition) is 2. The number of rotatable bonds is 14. The second kappa shape index (κ2) is 12.0. The van der Waals surface area contributed by atoms with Crippen LogP contribution in [0.3, 0.4) is 0 Å². The molecule has 1 aliphatic rings. The van der Waals surface area contributed by atoms with Gasteiger partial charge in [-0.05, 0) is 25.0 Å². The number of nitrogens with zero attached hydrogens (tertiary/aromatic N) is 1. The first-order valence-corrected chi connectivity index (χ1v) is 10.1. The van der Waals surface area contributed by atoms with Gasteiger partial charge in [0.15, 0.2) is 0 Å². The van der Waals surface area contributed by atoms with Crippen LogP contribution >= 0.6 is 0 Å². The Morgan fingerprint density at radius 1 is 1.13 bits per heavy atom. The number of anilines is 1. The highest BCUT2D eigenvalue weighted by Crippen LogP contribution is 2.31. The van der Waals surface area contributed by atoms with Crippen LogP contribution in [0.4, 0.5) is 5.69 Å². The molecule has 0 saturated carbocycles. The summed E-state index contributed by atoms with van der Waals surface area (Å²) < 4.78 is 10.8. The van der Waals surface area contributed by atoms with E-state index in [1.165, 1.54) is 7.05 Å². The van der Waals surface area contributed by atoms with Crippen LogP contribution < -0.4 is 10.6 Å². The van der Waals surface area contributed by atoms with Crippen molar-refractivity contribution in [2.24, 2.45) is 0 Å². The van der Waals surface area contributed by atoms with Gasteiger partial charge in [-0.15, -0.1) is 0 Å². The second-order valence-electron chi connectivity index (χ2n) is 6.73. The van der Waals surface area contributed by atoms with E-state index in [1.54, 1.807) is 18.2 Å². The molecule has 1 unspecified atom stereocenters. The molecule has 1 aromatic rings. The molecule has 0 aliphatic carbocycles. The highest BCUT2D eigenvalue weighted by atomic mass is 16.5. The molecule has 2 N–H and O–H groups in total. The summed E-state index contributed by atoms with van der Waals surface area (Å²) in [7, 11) is 1.43.